The predicted molar refractivity (Wildman–Crippen MR) is 73.3 cm³/mol. The van der Waals surface area contributed by atoms with Crippen molar-refractivity contribution in [2.24, 2.45) is 0 Å². The third kappa shape index (κ3) is 3.78. The minimum Gasteiger partial charge on any atom is -0.306 e. The second-order valence-electron chi connectivity index (χ2n) is 3.35. The summed E-state index contributed by atoms with van der Waals surface area (Å²) in [6, 6.07) is 9.86. The molecule has 0 saturated carbocycles. The summed E-state index contributed by atoms with van der Waals surface area (Å²) in [5, 5.41) is 0. The second-order valence-corrected chi connectivity index (χ2v) is 4.27. The van der Waals surface area contributed by atoms with Gasteiger partial charge in [-0.25, -0.2) is 15.0 Å². The summed E-state index contributed by atoms with van der Waals surface area (Å²) >= 11 is 3.38. The van der Waals surface area contributed by atoms with E-state index in [0.717, 1.165) is 10.2 Å². The highest BCUT2D eigenvalue weighted by atomic mass is 79.9. The fourth-order valence-electron chi connectivity index (χ4n) is 1.28. The van der Waals surface area contributed by atoms with E-state index in [1.54, 1.807) is 31.0 Å². The molecule has 0 unspecified atom stereocenters. The van der Waals surface area contributed by atoms with Gasteiger partial charge in [-0.1, -0.05) is 15.9 Å². The van der Waals surface area contributed by atoms with Crippen LogP contribution in [-0.4, -0.2) is 19.5 Å². The molecule has 1 aromatic carbocycles. The number of rotatable bonds is 1. The average Bonchev–Trinajstić information content (AvgIpc) is 2.96. The number of nitrogens with zero attached hydrogens (tertiary/aromatic N) is 4. The fourth-order valence-corrected chi connectivity index (χ4v) is 1.54. The number of hydrogen-bond donors (Lipinski definition) is 0. The Hall–Kier alpha value is -2.01. The van der Waals surface area contributed by atoms with Crippen molar-refractivity contribution in [3.8, 4) is 5.69 Å². The molecular formula is C13H11BrN4. The highest BCUT2D eigenvalue weighted by molar-refractivity contribution is 9.10. The lowest BCUT2D eigenvalue weighted by Crippen LogP contribution is -1.87. The molecule has 0 amide bonds. The summed E-state index contributed by atoms with van der Waals surface area (Å²) in [7, 11) is 0. The van der Waals surface area contributed by atoms with E-state index >= 15 is 0 Å². The van der Waals surface area contributed by atoms with E-state index in [0.29, 0.717) is 0 Å². The lowest BCUT2D eigenvalue weighted by molar-refractivity contribution is 1.06. The Morgan fingerprint density at radius 1 is 0.889 bits per heavy atom. The number of imidazole rings is 1. The summed E-state index contributed by atoms with van der Waals surface area (Å²) in [6.45, 7) is 0. The summed E-state index contributed by atoms with van der Waals surface area (Å²) in [6.07, 6.45) is 10.3. The number of benzene rings is 1. The first-order valence-corrected chi connectivity index (χ1v) is 6.09. The van der Waals surface area contributed by atoms with E-state index in [2.05, 4.69) is 30.9 Å². The van der Waals surface area contributed by atoms with Crippen LogP contribution in [0.25, 0.3) is 5.69 Å². The first-order valence-electron chi connectivity index (χ1n) is 5.30. The molecule has 0 spiro atoms. The Morgan fingerprint density at radius 2 is 1.61 bits per heavy atom. The van der Waals surface area contributed by atoms with Crippen molar-refractivity contribution in [2.45, 2.75) is 0 Å². The quantitative estimate of drug-likeness (QED) is 0.694. The van der Waals surface area contributed by atoms with Crippen LogP contribution in [0.1, 0.15) is 0 Å². The van der Waals surface area contributed by atoms with Gasteiger partial charge in [-0.3, -0.25) is 0 Å². The minimum absolute atomic E-state index is 1.09. The molecule has 3 rings (SSSR count). The number of aromatic nitrogens is 4. The highest BCUT2D eigenvalue weighted by Crippen LogP contribution is 2.13. The Labute approximate surface area is 113 Å². The molecule has 5 heteroatoms. The smallest absolute Gasteiger partial charge is 0.115 e. The zero-order valence-electron chi connectivity index (χ0n) is 9.52. The van der Waals surface area contributed by atoms with Crippen LogP contribution in [0, 0.1) is 0 Å². The molecule has 0 N–H and O–H groups in total. The van der Waals surface area contributed by atoms with Gasteiger partial charge in [0.1, 0.15) is 6.33 Å². The number of halogens is 1. The molecule has 18 heavy (non-hydrogen) atoms. The molecule has 0 radical (unpaired) electrons. The maximum atomic E-state index is 3.97. The Morgan fingerprint density at radius 3 is 2.06 bits per heavy atom. The largest absolute Gasteiger partial charge is 0.306 e. The zero-order valence-corrected chi connectivity index (χ0v) is 11.1. The standard InChI is InChI=1S/C9H7BrN2.C4H4N2/c10-8-1-3-9(4-2-8)12-6-5-11-7-12;1-2-5-4-6-3-1/h1-7H;1-4H. The van der Waals surface area contributed by atoms with E-state index < -0.39 is 0 Å². The van der Waals surface area contributed by atoms with Gasteiger partial charge in [0.2, 0.25) is 0 Å². The van der Waals surface area contributed by atoms with E-state index in [9.17, 15) is 0 Å². The first kappa shape index (κ1) is 12.4. The third-order valence-corrected chi connectivity index (χ3v) is 2.64. The minimum atomic E-state index is 1.09. The van der Waals surface area contributed by atoms with Gasteiger partial charge in [0.25, 0.3) is 0 Å². The van der Waals surface area contributed by atoms with Gasteiger partial charge in [-0.05, 0) is 30.3 Å². The van der Waals surface area contributed by atoms with Gasteiger partial charge in [-0.2, -0.15) is 0 Å². The summed E-state index contributed by atoms with van der Waals surface area (Å²) in [5.41, 5.74) is 1.12. The number of hydrogen-bond acceptors (Lipinski definition) is 3. The monoisotopic (exact) mass is 302 g/mol. The molecule has 2 heterocycles. The van der Waals surface area contributed by atoms with Crippen LogP contribution in [-0.2, 0) is 0 Å². The first-order chi connectivity index (χ1) is 8.86. The van der Waals surface area contributed by atoms with Gasteiger partial charge in [0.05, 0.1) is 6.33 Å². The molecule has 90 valence electrons. The molecule has 0 saturated heterocycles. The normalized spacial score (nSPS) is 9.39. The van der Waals surface area contributed by atoms with Crippen LogP contribution < -0.4 is 0 Å². The van der Waals surface area contributed by atoms with Crippen LogP contribution in [0.15, 0.2) is 72.2 Å². The molecule has 4 nitrogen and oxygen atoms in total. The topological polar surface area (TPSA) is 43.6 Å². The van der Waals surface area contributed by atoms with E-state index in [1.165, 1.54) is 6.33 Å². The molecule has 0 aliphatic heterocycles. The molecule has 0 atom stereocenters. The van der Waals surface area contributed by atoms with Gasteiger partial charge in [0, 0.05) is 34.9 Å². The molecule has 2 aromatic heterocycles. The van der Waals surface area contributed by atoms with Crippen molar-refractivity contribution >= 4 is 15.9 Å². The molecular weight excluding hydrogens is 292 g/mol. The molecule has 0 aliphatic carbocycles. The Balaban J connectivity index is 0.000000169. The summed E-state index contributed by atoms with van der Waals surface area (Å²) in [5.74, 6) is 0. The molecule has 0 bridgehead atoms. The van der Waals surface area contributed by atoms with Crippen molar-refractivity contribution in [3.05, 3.63) is 72.2 Å². The fraction of sp³-hybridized carbons (Fsp3) is 0. The lowest BCUT2D eigenvalue weighted by Gasteiger charge is -2.00. The van der Waals surface area contributed by atoms with Crippen molar-refractivity contribution in [3.63, 3.8) is 0 Å². The summed E-state index contributed by atoms with van der Waals surface area (Å²) < 4.78 is 3.05. The highest BCUT2D eigenvalue weighted by Gasteiger charge is 1.92. The average molecular weight is 303 g/mol. The van der Waals surface area contributed by atoms with E-state index in [1.807, 2.05) is 35.0 Å². The second kappa shape index (κ2) is 6.66. The van der Waals surface area contributed by atoms with Crippen LogP contribution in [0.2, 0.25) is 0 Å². The van der Waals surface area contributed by atoms with Gasteiger partial charge in [-0.15, -0.1) is 0 Å². The van der Waals surface area contributed by atoms with Crippen LogP contribution in [0.3, 0.4) is 0 Å². The van der Waals surface area contributed by atoms with Crippen LogP contribution >= 0.6 is 15.9 Å². The van der Waals surface area contributed by atoms with Gasteiger partial charge >= 0.3 is 0 Å². The van der Waals surface area contributed by atoms with E-state index in [-0.39, 0.29) is 0 Å². The maximum Gasteiger partial charge on any atom is 0.115 e. The zero-order chi connectivity index (χ0) is 12.6. The van der Waals surface area contributed by atoms with Crippen molar-refractivity contribution < 1.29 is 0 Å². The maximum absolute atomic E-state index is 3.97. The lowest BCUT2D eigenvalue weighted by atomic mass is 10.3. The van der Waals surface area contributed by atoms with Crippen LogP contribution in [0.4, 0.5) is 0 Å². The van der Waals surface area contributed by atoms with Crippen molar-refractivity contribution in [1.82, 2.24) is 19.5 Å². The summed E-state index contributed by atoms with van der Waals surface area (Å²) in [4.78, 5) is 11.3. The van der Waals surface area contributed by atoms with Gasteiger partial charge < -0.3 is 4.57 Å². The SMILES string of the molecule is Brc1ccc(-n2ccnc2)cc1.c1cncnc1. The molecule has 0 aliphatic rings. The molecule has 3 aromatic rings. The van der Waals surface area contributed by atoms with Crippen LogP contribution in [0.5, 0.6) is 0 Å². The Kier molecular flexibility index (Phi) is 4.60. The molecule has 0 fully saturated rings. The van der Waals surface area contributed by atoms with Crippen molar-refractivity contribution in [1.29, 1.82) is 0 Å². The third-order valence-electron chi connectivity index (χ3n) is 2.11. The Bertz CT molecular complexity index is 523. The van der Waals surface area contributed by atoms with Gasteiger partial charge in [0.15, 0.2) is 0 Å². The van der Waals surface area contributed by atoms with Crippen molar-refractivity contribution in [2.75, 3.05) is 0 Å². The van der Waals surface area contributed by atoms with E-state index in [4.69, 9.17) is 0 Å². The predicted octanol–water partition coefficient (Wildman–Crippen LogP) is 3.11.